The molecule has 6 nitrogen and oxygen atoms in total. The number of hydrogen-bond acceptors (Lipinski definition) is 5. The normalized spacial score (nSPS) is 10.4. The van der Waals surface area contributed by atoms with E-state index >= 15 is 0 Å². The van der Waals surface area contributed by atoms with Crippen LogP contribution in [0.25, 0.3) is 0 Å². The average molecular weight is 286 g/mol. The number of thioether (sulfide) groups is 1. The fourth-order valence-corrected chi connectivity index (χ4v) is 1.99. The van der Waals surface area contributed by atoms with E-state index in [1.54, 1.807) is 0 Å². The van der Waals surface area contributed by atoms with Gasteiger partial charge in [-0.3, -0.25) is 4.79 Å². The van der Waals surface area contributed by atoms with Gasteiger partial charge in [0.15, 0.2) is 5.69 Å². The van der Waals surface area contributed by atoms with Crippen molar-refractivity contribution in [1.82, 2.24) is 10.5 Å². The third kappa shape index (κ3) is 5.78. The first-order valence-electron chi connectivity index (χ1n) is 6.12. The fourth-order valence-electron chi connectivity index (χ4n) is 1.50. The maximum atomic E-state index is 11.6. The van der Waals surface area contributed by atoms with Gasteiger partial charge >= 0.3 is 5.97 Å². The van der Waals surface area contributed by atoms with Gasteiger partial charge in [0.1, 0.15) is 0 Å². The number of aromatic carboxylic acids is 1. The SMILES string of the molecule is CSCCCCCCNC(=O)c1cc(C(=O)O)on1. The largest absolute Gasteiger partial charge is 0.475 e. The van der Waals surface area contributed by atoms with Crippen molar-refractivity contribution in [1.29, 1.82) is 0 Å². The maximum Gasteiger partial charge on any atom is 0.374 e. The van der Waals surface area contributed by atoms with Crippen molar-refractivity contribution in [3.05, 3.63) is 17.5 Å². The van der Waals surface area contributed by atoms with Crippen molar-refractivity contribution in [3.63, 3.8) is 0 Å². The molecule has 106 valence electrons. The van der Waals surface area contributed by atoms with Crippen LogP contribution in [0.2, 0.25) is 0 Å². The molecule has 0 bridgehead atoms. The van der Waals surface area contributed by atoms with Gasteiger partial charge in [-0.2, -0.15) is 11.8 Å². The smallest absolute Gasteiger partial charge is 0.374 e. The maximum absolute atomic E-state index is 11.6. The highest BCUT2D eigenvalue weighted by atomic mass is 32.2. The molecule has 0 aliphatic heterocycles. The molecule has 0 atom stereocenters. The lowest BCUT2D eigenvalue weighted by Gasteiger charge is -2.02. The van der Waals surface area contributed by atoms with Crippen molar-refractivity contribution in [2.24, 2.45) is 0 Å². The van der Waals surface area contributed by atoms with Crippen LogP contribution in [-0.2, 0) is 0 Å². The van der Waals surface area contributed by atoms with Crippen molar-refractivity contribution in [3.8, 4) is 0 Å². The van der Waals surface area contributed by atoms with Crippen LogP contribution in [0.4, 0.5) is 0 Å². The van der Waals surface area contributed by atoms with Gasteiger partial charge in [0, 0.05) is 12.6 Å². The molecular formula is C12H18N2O4S. The number of carboxylic acids is 1. The van der Waals surface area contributed by atoms with E-state index in [1.807, 2.05) is 11.8 Å². The van der Waals surface area contributed by atoms with Gasteiger partial charge in [-0.25, -0.2) is 4.79 Å². The van der Waals surface area contributed by atoms with E-state index in [1.165, 1.54) is 12.2 Å². The third-order valence-electron chi connectivity index (χ3n) is 2.51. The highest BCUT2D eigenvalue weighted by Crippen LogP contribution is 2.05. The lowest BCUT2D eigenvalue weighted by atomic mass is 10.2. The number of unbranched alkanes of at least 4 members (excludes halogenated alkanes) is 3. The Balaban J connectivity index is 2.18. The van der Waals surface area contributed by atoms with Crippen LogP contribution in [0.3, 0.4) is 0 Å². The Labute approximate surface area is 115 Å². The predicted molar refractivity (Wildman–Crippen MR) is 72.6 cm³/mol. The van der Waals surface area contributed by atoms with Crippen LogP contribution in [0.1, 0.15) is 46.7 Å². The number of hydrogen-bond donors (Lipinski definition) is 2. The second kappa shape index (κ2) is 8.58. The summed E-state index contributed by atoms with van der Waals surface area (Å²) in [6.45, 7) is 0.563. The second-order valence-corrected chi connectivity index (χ2v) is 5.03. The molecule has 0 spiro atoms. The predicted octanol–water partition coefficient (Wildman–Crippen LogP) is 2.03. The van der Waals surface area contributed by atoms with Crippen molar-refractivity contribution < 1.29 is 19.2 Å². The van der Waals surface area contributed by atoms with Crippen LogP contribution in [0.5, 0.6) is 0 Å². The Hall–Kier alpha value is -1.50. The summed E-state index contributed by atoms with van der Waals surface area (Å²) in [5.41, 5.74) is -0.000201. The molecule has 1 aromatic heterocycles. The summed E-state index contributed by atoms with van der Waals surface area (Å²) in [5.74, 6) is -0.800. The van der Waals surface area contributed by atoms with E-state index in [9.17, 15) is 9.59 Å². The van der Waals surface area contributed by atoms with Gasteiger partial charge in [-0.15, -0.1) is 0 Å². The molecule has 0 radical (unpaired) electrons. The molecule has 0 unspecified atom stereocenters. The Kier molecular flexibility index (Phi) is 7.02. The molecule has 0 aliphatic rings. The zero-order valence-electron chi connectivity index (χ0n) is 10.8. The van der Waals surface area contributed by atoms with E-state index in [4.69, 9.17) is 5.11 Å². The Morgan fingerprint density at radius 3 is 2.74 bits per heavy atom. The van der Waals surface area contributed by atoms with E-state index in [-0.39, 0.29) is 11.5 Å². The minimum atomic E-state index is -1.24. The van der Waals surface area contributed by atoms with Crippen molar-refractivity contribution in [2.75, 3.05) is 18.6 Å². The summed E-state index contributed by atoms with van der Waals surface area (Å²) in [6, 6.07) is 1.12. The van der Waals surface area contributed by atoms with Gasteiger partial charge in [0.2, 0.25) is 5.76 Å². The van der Waals surface area contributed by atoms with E-state index < -0.39 is 11.9 Å². The van der Waals surface area contributed by atoms with Gasteiger partial charge in [-0.1, -0.05) is 18.0 Å². The van der Waals surface area contributed by atoms with E-state index in [0.29, 0.717) is 6.54 Å². The number of aromatic nitrogens is 1. The number of nitrogens with one attached hydrogen (secondary N) is 1. The Bertz CT molecular complexity index is 420. The number of nitrogens with zero attached hydrogens (tertiary/aromatic N) is 1. The van der Waals surface area contributed by atoms with Crippen LogP contribution >= 0.6 is 11.8 Å². The molecule has 1 heterocycles. The van der Waals surface area contributed by atoms with Gasteiger partial charge in [0.25, 0.3) is 5.91 Å². The lowest BCUT2D eigenvalue weighted by molar-refractivity contribution is 0.0651. The van der Waals surface area contributed by atoms with E-state index in [2.05, 4.69) is 21.3 Å². The monoisotopic (exact) mass is 286 g/mol. The minimum absolute atomic E-state index is 0.000201. The number of rotatable bonds is 9. The van der Waals surface area contributed by atoms with Gasteiger partial charge in [-0.05, 0) is 24.9 Å². The van der Waals surface area contributed by atoms with Crippen LogP contribution in [-0.4, -0.2) is 40.7 Å². The molecule has 19 heavy (non-hydrogen) atoms. The summed E-state index contributed by atoms with van der Waals surface area (Å²) >= 11 is 1.84. The highest BCUT2D eigenvalue weighted by Gasteiger charge is 2.15. The van der Waals surface area contributed by atoms with Crippen LogP contribution < -0.4 is 5.32 Å². The Morgan fingerprint density at radius 1 is 1.37 bits per heavy atom. The van der Waals surface area contributed by atoms with Crippen LogP contribution in [0.15, 0.2) is 10.6 Å². The standard InChI is InChI=1S/C12H18N2O4S/c1-19-7-5-3-2-4-6-13-11(15)9-8-10(12(16)17)18-14-9/h8H,2-7H2,1H3,(H,13,15)(H,16,17). The van der Waals surface area contributed by atoms with Crippen molar-refractivity contribution >= 4 is 23.6 Å². The zero-order valence-corrected chi connectivity index (χ0v) is 11.7. The first kappa shape index (κ1) is 15.6. The first-order chi connectivity index (χ1) is 9.15. The minimum Gasteiger partial charge on any atom is -0.475 e. The molecule has 2 N–H and O–H groups in total. The fraction of sp³-hybridized carbons (Fsp3) is 0.583. The number of carbonyl (C=O) groups is 2. The topological polar surface area (TPSA) is 92.4 Å². The molecule has 1 aromatic rings. The summed E-state index contributed by atoms with van der Waals surface area (Å²) < 4.78 is 4.51. The van der Waals surface area contributed by atoms with E-state index in [0.717, 1.165) is 25.3 Å². The Morgan fingerprint density at radius 2 is 2.11 bits per heavy atom. The van der Waals surface area contributed by atoms with Crippen molar-refractivity contribution in [2.45, 2.75) is 25.7 Å². The molecule has 0 saturated heterocycles. The molecule has 0 aliphatic carbocycles. The summed E-state index contributed by atoms with van der Waals surface area (Å²) in [6.07, 6.45) is 6.41. The van der Waals surface area contributed by atoms with Gasteiger partial charge < -0.3 is 14.9 Å². The summed E-state index contributed by atoms with van der Waals surface area (Å²) in [7, 11) is 0. The quantitative estimate of drug-likeness (QED) is 0.675. The van der Waals surface area contributed by atoms with Crippen LogP contribution in [0, 0.1) is 0 Å². The number of carboxylic acid groups (broad SMARTS) is 1. The highest BCUT2D eigenvalue weighted by molar-refractivity contribution is 7.98. The molecule has 7 heteroatoms. The summed E-state index contributed by atoms with van der Waals surface area (Å²) in [4.78, 5) is 22.1. The number of amides is 1. The zero-order chi connectivity index (χ0) is 14.1. The molecule has 0 aromatic carbocycles. The summed E-state index contributed by atoms with van der Waals surface area (Å²) in [5, 5.41) is 14.7. The lowest BCUT2D eigenvalue weighted by Crippen LogP contribution is -2.24. The van der Waals surface area contributed by atoms with Gasteiger partial charge in [0.05, 0.1) is 0 Å². The third-order valence-corrected chi connectivity index (χ3v) is 3.21. The molecule has 0 fully saturated rings. The second-order valence-electron chi connectivity index (χ2n) is 4.04. The molecular weight excluding hydrogens is 268 g/mol. The molecule has 0 saturated carbocycles. The first-order valence-corrected chi connectivity index (χ1v) is 7.51. The molecule has 1 amide bonds. The number of carbonyl (C=O) groups excluding carboxylic acids is 1. The molecule has 1 rings (SSSR count). The average Bonchev–Trinajstić information content (AvgIpc) is 2.87.